The first-order valence-electron chi connectivity index (χ1n) is 6.04. The summed E-state index contributed by atoms with van der Waals surface area (Å²) in [5.41, 5.74) is -0.306. The third-order valence-corrected chi connectivity index (χ3v) is 3.98. The molecule has 4 nitrogen and oxygen atoms in total. The second-order valence-electron chi connectivity index (χ2n) is 6.09. The summed E-state index contributed by atoms with van der Waals surface area (Å²) in [5.74, 6) is 0.720. The molecule has 1 saturated heterocycles. The van der Waals surface area contributed by atoms with Gasteiger partial charge in [-0.3, -0.25) is 10.7 Å². The van der Waals surface area contributed by atoms with Gasteiger partial charge in [0.15, 0.2) is 0 Å². The standard InChI is InChI=1S/C12H21N3O/c1-11(2,3)8-6-4-5-7-12(8)9(13)14-10(16)15-12/h8H,4-7H2,1-3H3,(H3,13,14,15,16). The summed E-state index contributed by atoms with van der Waals surface area (Å²) in [6.07, 6.45) is 4.28. The van der Waals surface area contributed by atoms with Crippen molar-refractivity contribution < 1.29 is 4.79 Å². The summed E-state index contributed by atoms with van der Waals surface area (Å²) >= 11 is 0. The Kier molecular flexibility index (Phi) is 2.48. The Morgan fingerprint density at radius 1 is 1.38 bits per heavy atom. The molecule has 3 N–H and O–H groups in total. The smallest absolute Gasteiger partial charge is 0.321 e. The molecule has 0 aromatic heterocycles. The van der Waals surface area contributed by atoms with Crippen molar-refractivity contribution in [1.29, 1.82) is 5.41 Å². The zero-order valence-electron chi connectivity index (χ0n) is 10.3. The molecule has 0 bridgehead atoms. The van der Waals surface area contributed by atoms with Gasteiger partial charge in [0.1, 0.15) is 11.4 Å². The second-order valence-corrected chi connectivity index (χ2v) is 6.09. The van der Waals surface area contributed by atoms with Gasteiger partial charge >= 0.3 is 6.03 Å². The lowest BCUT2D eigenvalue weighted by molar-refractivity contribution is 0.107. The van der Waals surface area contributed by atoms with Gasteiger partial charge in [0.05, 0.1) is 0 Å². The van der Waals surface area contributed by atoms with Crippen LogP contribution in [0.25, 0.3) is 0 Å². The molecule has 1 heterocycles. The van der Waals surface area contributed by atoms with Crippen LogP contribution in [-0.4, -0.2) is 17.4 Å². The van der Waals surface area contributed by atoms with Crippen molar-refractivity contribution in [3.63, 3.8) is 0 Å². The maximum absolute atomic E-state index is 11.4. The van der Waals surface area contributed by atoms with Crippen LogP contribution in [0.15, 0.2) is 0 Å². The van der Waals surface area contributed by atoms with Crippen molar-refractivity contribution in [2.24, 2.45) is 11.3 Å². The molecule has 1 saturated carbocycles. The van der Waals surface area contributed by atoms with E-state index >= 15 is 0 Å². The first-order chi connectivity index (χ1) is 7.36. The van der Waals surface area contributed by atoms with Gasteiger partial charge in [-0.1, -0.05) is 33.6 Å². The van der Waals surface area contributed by atoms with E-state index in [1.807, 2.05) is 0 Å². The highest BCUT2D eigenvalue weighted by Crippen LogP contribution is 2.45. The molecule has 1 spiro atoms. The average Bonchev–Trinajstić information content (AvgIpc) is 2.41. The van der Waals surface area contributed by atoms with Crippen LogP contribution >= 0.6 is 0 Å². The summed E-state index contributed by atoms with van der Waals surface area (Å²) in [4.78, 5) is 11.4. The van der Waals surface area contributed by atoms with E-state index in [0.717, 1.165) is 19.3 Å². The third kappa shape index (κ3) is 1.60. The molecule has 4 heteroatoms. The largest absolute Gasteiger partial charge is 0.325 e. The van der Waals surface area contributed by atoms with Gasteiger partial charge < -0.3 is 5.32 Å². The molecule has 2 aliphatic rings. The molecule has 2 fully saturated rings. The van der Waals surface area contributed by atoms with E-state index in [1.54, 1.807) is 0 Å². The number of carbonyl (C=O) groups excluding carboxylic acids is 1. The molecule has 0 aromatic rings. The lowest BCUT2D eigenvalue weighted by Gasteiger charge is -2.46. The fourth-order valence-electron chi connectivity index (χ4n) is 3.32. The van der Waals surface area contributed by atoms with Crippen LogP contribution in [0.3, 0.4) is 0 Å². The Hall–Kier alpha value is -1.06. The SMILES string of the molecule is CC(C)(C)C1CCCCC12NC(=O)NC2=N. The van der Waals surface area contributed by atoms with E-state index in [9.17, 15) is 4.79 Å². The Morgan fingerprint density at radius 2 is 2.06 bits per heavy atom. The van der Waals surface area contributed by atoms with Gasteiger partial charge in [-0.2, -0.15) is 0 Å². The number of amides is 2. The minimum atomic E-state index is -0.423. The van der Waals surface area contributed by atoms with Gasteiger partial charge in [0, 0.05) is 0 Å². The van der Waals surface area contributed by atoms with Crippen LogP contribution in [-0.2, 0) is 0 Å². The molecule has 90 valence electrons. The maximum atomic E-state index is 11.4. The molecule has 2 unspecified atom stereocenters. The van der Waals surface area contributed by atoms with Gasteiger partial charge in [-0.05, 0) is 24.2 Å². The molecule has 1 aliphatic heterocycles. The number of nitrogens with one attached hydrogen (secondary N) is 3. The molecule has 2 amide bonds. The maximum Gasteiger partial charge on any atom is 0.321 e. The number of hydrogen-bond acceptors (Lipinski definition) is 2. The van der Waals surface area contributed by atoms with E-state index in [0.29, 0.717) is 11.8 Å². The Morgan fingerprint density at radius 3 is 2.56 bits per heavy atom. The van der Waals surface area contributed by atoms with Gasteiger partial charge in [-0.25, -0.2) is 4.79 Å². The minimum absolute atomic E-state index is 0.117. The number of hydrogen-bond donors (Lipinski definition) is 3. The molecular formula is C12H21N3O. The summed E-state index contributed by atoms with van der Waals surface area (Å²) in [5, 5.41) is 13.7. The number of urea groups is 1. The van der Waals surface area contributed by atoms with Gasteiger partial charge in [-0.15, -0.1) is 0 Å². The summed E-state index contributed by atoms with van der Waals surface area (Å²) in [6.45, 7) is 6.59. The lowest BCUT2D eigenvalue weighted by atomic mass is 9.62. The minimum Gasteiger partial charge on any atom is -0.325 e. The van der Waals surface area contributed by atoms with Crippen LogP contribution in [0.4, 0.5) is 4.79 Å². The monoisotopic (exact) mass is 223 g/mol. The fourth-order valence-corrected chi connectivity index (χ4v) is 3.32. The van der Waals surface area contributed by atoms with Crippen LogP contribution in [0.1, 0.15) is 46.5 Å². The quantitative estimate of drug-likeness (QED) is 0.579. The highest BCUT2D eigenvalue weighted by Gasteiger charge is 2.53. The number of amidine groups is 1. The zero-order chi connectivity index (χ0) is 12.0. The zero-order valence-corrected chi connectivity index (χ0v) is 10.3. The predicted molar refractivity (Wildman–Crippen MR) is 63.5 cm³/mol. The number of rotatable bonds is 0. The molecule has 2 rings (SSSR count). The Balaban J connectivity index is 2.35. The van der Waals surface area contributed by atoms with Crippen molar-refractivity contribution in [2.45, 2.75) is 52.0 Å². The second kappa shape index (κ2) is 3.47. The first kappa shape index (κ1) is 11.4. The lowest BCUT2D eigenvalue weighted by Crippen LogP contribution is -2.58. The normalized spacial score (nSPS) is 35.1. The van der Waals surface area contributed by atoms with Crippen LogP contribution in [0, 0.1) is 16.7 Å². The van der Waals surface area contributed by atoms with Gasteiger partial charge in [0.25, 0.3) is 0 Å². The Bertz CT molecular complexity index is 332. The van der Waals surface area contributed by atoms with E-state index in [4.69, 9.17) is 5.41 Å². The highest BCUT2D eigenvalue weighted by molar-refractivity contribution is 6.08. The van der Waals surface area contributed by atoms with Crippen LogP contribution < -0.4 is 10.6 Å². The van der Waals surface area contributed by atoms with Crippen LogP contribution in [0.5, 0.6) is 0 Å². The predicted octanol–water partition coefficient (Wildman–Crippen LogP) is 2.25. The van der Waals surface area contributed by atoms with Gasteiger partial charge in [0.2, 0.25) is 0 Å². The van der Waals surface area contributed by atoms with Crippen LogP contribution in [0.2, 0.25) is 0 Å². The fraction of sp³-hybridized carbons (Fsp3) is 0.833. The number of carbonyl (C=O) groups is 1. The van der Waals surface area contributed by atoms with Crippen molar-refractivity contribution in [3.8, 4) is 0 Å². The van der Waals surface area contributed by atoms with Crippen molar-refractivity contribution in [2.75, 3.05) is 0 Å². The molecular weight excluding hydrogens is 202 g/mol. The highest BCUT2D eigenvalue weighted by atomic mass is 16.2. The molecule has 0 radical (unpaired) electrons. The topological polar surface area (TPSA) is 65.0 Å². The van der Waals surface area contributed by atoms with Crippen molar-refractivity contribution in [1.82, 2.24) is 10.6 Å². The average molecular weight is 223 g/mol. The summed E-state index contributed by atoms with van der Waals surface area (Å²) in [6, 6.07) is -0.207. The van der Waals surface area contributed by atoms with E-state index < -0.39 is 5.54 Å². The van der Waals surface area contributed by atoms with E-state index in [1.165, 1.54) is 6.42 Å². The molecule has 1 aliphatic carbocycles. The molecule has 0 aromatic carbocycles. The molecule has 16 heavy (non-hydrogen) atoms. The van der Waals surface area contributed by atoms with Crippen molar-refractivity contribution in [3.05, 3.63) is 0 Å². The first-order valence-corrected chi connectivity index (χ1v) is 6.04. The molecule has 2 atom stereocenters. The summed E-state index contributed by atoms with van der Waals surface area (Å²) in [7, 11) is 0. The Labute approximate surface area is 96.7 Å². The summed E-state index contributed by atoms with van der Waals surface area (Å²) < 4.78 is 0. The van der Waals surface area contributed by atoms with Crippen molar-refractivity contribution >= 4 is 11.9 Å². The van der Waals surface area contributed by atoms with E-state index in [2.05, 4.69) is 31.4 Å². The van der Waals surface area contributed by atoms with E-state index in [-0.39, 0.29) is 11.4 Å². The third-order valence-electron chi connectivity index (χ3n) is 3.98.